The van der Waals surface area contributed by atoms with Crippen LogP contribution in [0, 0.1) is 0 Å². The van der Waals surface area contributed by atoms with E-state index in [9.17, 15) is 18.3 Å². The molecule has 2 atom stereocenters. The monoisotopic (exact) mass is 569 g/mol. The fraction of sp³-hybridized carbons (Fsp3) is 0.379. The number of benzene rings is 2. The number of aliphatic hydroxyl groups is 1. The lowest BCUT2D eigenvalue weighted by Gasteiger charge is -2.30. The van der Waals surface area contributed by atoms with E-state index in [1.807, 2.05) is 30.3 Å². The minimum atomic E-state index is -4.15. The van der Waals surface area contributed by atoms with Gasteiger partial charge in [0.05, 0.1) is 36.8 Å². The zero-order valence-electron chi connectivity index (χ0n) is 22.4. The Hall–Kier alpha value is -3.51. The molecule has 0 bridgehead atoms. The average Bonchev–Trinajstić information content (AvgIpc) is 3.50. The van der Waals surface area contributed by atoms with Crippen molar-refractivity contribution in [2.24, 2.45) is 0 Å². The number of amides is 1. The van der Waals surface area contributed by atoms with Gasteiger partial charge in [-0.3, -0.25) is 9.82 Å². The molecule has 1 fully saturated rings. The molecule has 2 aromatic carbocycles. The van der Waals surface area contributed by atoms with Crippen molar-refractivity contribution in [3.8, 4) is 5.75 Å². The molecule has 3 aromatic rings. The zero-order chi connectivity index (χ0) is 28.4. The number of sulfonamides is 1. The van der Waals surface area contributed by atoms with E-state index in [0.29, 0.717) is 11.3 Å². The summed E-state index contributed by atoms with van der Waals surface area (Å²) in [5.41, 5.74) is 1.56. The van der Waals surface area contributed by atoms with Gasteiger partial charge in [-0.05, 0) is 55.2 Å². The van der Waals surface area contributed by atoms with Crippen LogP contribution in [0.5, 0.6) is 5.75 Å². The Balaban J connectivity index is 1.53. The summed E-state index contributed by atoms with van der Waals surface area (Å²) in [4.78, 5) is 22.7. The lowest BCUT2D eigenvalue weighted by Crippen LogP contribution is -2.51. The number of alkyl carbamates (subject to hydrolysis) is 1. The van der Waals surface area contributed by atoms with Gasteiger partial charge in [0.15, 0.2) is 0 Å². The predicted molar refractivity (Wildman–Crippen MR) is 148 cm³/mol. The number of aliphatic hydroxyl groups excluding tert-OH is 1. The molecule has 4 rings (SSSR count). The van der Waals surface area contributed by atoms with Gasteiger partial charge in [-0.2, -0.15) is 0 Å². The minimum absolute atomic E-state index is 0.00180. The van der Waals surface area contributed by atoms with Gasteiger partial charge in [0.25, 0.3) is 10.0 Å². The van der Waals surface area contributed by atoms with Crippen molar-refractivity contribution in [2.75, 3.05) is 13.7 Å². The Labute approximate surface area is 234 Å². The van der Waals surface area contributed by atoms with Crippen LogP contribution in [-0.4, -0.2) is 61.0 Å². The Kier molecular flexibility index (Phi) is 10.5. The number of nitrogens with zero attached hydrogens (tertiary/aromatic N) is 2. The van der Waals surface area contributed by atoms with E-state index in [1.54, 1.807) is 36.7 Å². The summed E-state index contributed by atoms with van der Waals surface area (Å²) < 4.78 is 38.6. The minimum Gasteiger partial charge on any atom is -0.497 e. The molecule has 1 amide bonds. The second-order valence-corrected chi connectivity index (χ2v) is 11.5. The number of carbonyl (C=O) groups excluding carboxylic acids is 1. The van der Waals surface area contributed by atoms with Gasteiger partial charge in [-0.15, -0.1) is 0 Å². The Bertz CT molecular complexity index is 1300. The van der Waals surface area contributed by atoms with Gasteiger partial charge in [0.1, 0.15) is 12.4 Å². The summed E-state index contributed by atoms with van der Waals surface area (Å²) in [7, 11) is -2.65. The lowest BCUT2D eigenvalue weighted by atomic mass is 10.0. The molecule has 0 spiro atoms. The van der Waals surface area contributed by atoms with Gasteiger partial charge >= 0.3 is 6.09 Å². The maximum Gasteiger partial charge on any atom is 0.407 e. The number of carbonyl (C=O) groups is 1. The fourth-order valence-corrected chi connectivity index (χ4v) is 5.78. The maximum atomic E-state index is 13.6. The van der Waals surface area contributed by atoms with Crippen molar-refractivity contribution in [3.63, 3.8) is 0 Å². The number of ether oxygens (including phenoxy) is 2. The van der Waals surface area contributed by atoms with Crippen LogP contribution >= 0.6 is 0 Å². The van der Waals surface area contributed by atoms with Crippen molar-refractivity contribution in [3.05, 3.63) is 90.3 Å². The Morgan fingerprint density at radius 1 is 1.05 bits per heavy atom. The fourth-order valence-electron chi connectivity index (χ4n) is 4.48. The molecule has 1 aromatic heterocycles. The van der Waals surface area contributed by atoms with Crippen molar-refractivity contribution in [1.29, 1.82) is 0 Å². The van der Waals surface area contributed by atoms with Crippen LogP contribution in [0.15, 0.2) is 84.0 Å². The van der Waals surface area contributed by atoms with Gasteiger partial charge in [0.2, 0.25) is 0 Å². The maximum absolute atomic E-state index is 13.6. The second-order valence-electron chi connectivity index (χ2n) is 9.62. The average molecular weight is 570 g/mol. The van der Waals surface area contributed by atoms with E-state index >= 15 is 0 Å². The van der Waals surface area contributed by atoms with Crippen LogP contribution in [0.4, 0.5) is 4.79 Å². The summed E-state index contributed by atoms with van der Waals surface area (Å²) in [6, 6.07) is 17.9. The topological polar surface area (TPSA) is 127 Å². The number of hydroxylamine groups is 1. The van der Waals surface area contributed by atoms with E-state index in [4.69, 9.17) is 14.3 Å². The van der Waals surface area contributed by atoms with Crippen LogP contribution in [0.2, 0.25) is 0 Å². The highest BCUT2D eigenvalue weighted by atomic mass is 32.2. The van der Waals surface area contributed by atoms with Gasteiger partial charge in [0, 0.05) is 18.0 Å². The number of rotatable bonds is 13. The van der Waals surface area contributed by atoms with E-state index in [2.05, 4.69) is 10.3 Å². The van der Waals surface area contributed by atoms with Gasteiger partial charge in [-0.1, -0.05) is 53.7 Å². The smallest absolute Gasteiger partial charge is 0.407 e. The Morgan fingerprint density at radius 3 is 2.40 bits per heavy atom. The van der Waals surface area contributed by atoms with Crippen LogP contribution in [-0.2, 0) is 32.6 Å². The summed E-state index contributed by atoms with van der Waals surface area (Å²) in [6.45, 7) is -0.401. The molecule has 1 heterocycles. The summed E-state index contributed by atoms with van der Waals surface area (Å²) >= 11 is 0. The molecule has 0 radical (unpaired) electrons. The van der Waals surface area contributed by atoms with Crippen molar-refractivity contribution in [1.82, 2.24) is 14.8 Å². The van der Waals surface area contributed by atoms with E-state index in [0.717, 1.165) is 35.7 Å². The molecule has 10 nitrogen and oxygen atoms in total. The van der Waals surface area contributed by atoms with Crippen LogP contribution in [0.1, 0.15) is 36.8 Å². The molecule has 214 valence electrons. The summed E-state index contributed by atoms with van der Waals surface area (Å²) in [5, 5.41) is 14.1. The largest absolute Gasteiger partial charge is 0.497 e. The molecule has 1 saturated carbocycles. The lowest BCUT2D eigenvalue weighted by molar-refractivity contribution is -0.145. The Morgan fingerprint density at radius 2 is 1.75 bits per heavy atom. The third-order valence-electron chi connectivity index (χ3n) is 6.69. The summed E-state index contributed by atoms with van der Waals surface area (Å²) in [5.74, 6) is 0.513. The first-order valence-corrected chi connectivity index (χ1v) is 14.7. The quantitative estimate of drug-likeness (QED) is 0.297. The second kappa shape index (κ2) is 14.2. The SMILES string of the molecule is COc1ccc(S(=O)(=O)N(CC(O)C(Cc2ccccc2)NC(=O)OCc2cccnc2)OC2CCCC2)cc1. The van der Waals surface area contributed by atoms with Crippen LogP contribution in [0.25, 0.3) is 0 Å². The highest BCUT2D eigenvalue weighted by molar-refractivity contribution is 7.89. The molecular weight excluding hydrogens is 534 g/mol. The van der Waals surface area contributed by atoms with E-state index < -0.39 is 34.8 Å². The van der Waals surface area contributed by atoms with Crippen molar-refractivity contribution < 1.29 is 32.6 Å². The van der Waals surface area contributed by atoms with Crippen molar-refractivity contribution in [2.45, 2.75) is 61.9 Å². The number of pyridine rings is 1. The van der Waals surface area contributed by atoms with Crippen molar-refractivity contribution >= 4 is 16.1 Å². The first-order valence-electron chi connectivity index (χ1n) is 13.2. The van der Waals surface area contributed by atoms with Gasteiger partial charge in [-0.25, -0.2) is 13.2 Å². The number of hydrogen-bond acceptors (Lipinski definition) is 8. The number of methoxy groups -OCH3 is 1. The molecule has 40 heavy (non-hydrogen) atoms. The molecular formula is C29H35N3O7S. The van der Waals surface area contributed by atoms with Crippen LogP contribution < -0.4 is 10.1 Å². The van der Waals surface area contributed by atoms with Gasteiger partial charge < -0.3 is 19.9 Å². The highest BCUT2D eigenvalue weighted by Gasteiger charge is 2.34. The molecule has 2 N–H and O–H groups in total. The number of nitrogens with one attached hydrogen (secondary N) is 1. The first-order chi connectivity index (χ1) is 19.3. The highest BCUT2D eigenvalue weighted by Crippen LogP contribution is 2.27. The molecule has 1 aliphatic carbocycles. The van der Waals surface area contributed by atoms with E-state index in [1.165, 1.54) is 19.2 Å². The van der Waals surface area contributed by atoms with Crippen LogP contribution in [0.3, 0.4) is 0 Å². The zero-order valence-corrected chi connectivity index (χ0v) is 23.2. The third kappa shape index (κ3) is 8.25. The van der Waals surface area contributed by atoms with E-state index in [-0.39, 0.29) is 24.0 Å². The molecule has 1 aliphatic rings. The molecule has 11 heteroatoms. The predicted octanol–water partition coefficient (Wildman–Crippen LogP) is 3.85. The third-order valence-corrected chi connectivity index (χ3v) is 8.33. The standard InChI is InChI=1S/C29H35N3O7S/c1-37-24-13-15-26(16-14-24)40(35,36)32(39-25-11-5-6-12-25)20-28(33)27(18-22-8-3-2-4-9-22)31-29(34)38-21-23-10-7-17-30-19-23/h2-4,7-10,13-17,19,25,27-28,33H,5-6,11-12,18,20-21H2,1H3,(H,31,34). The normalized spacial score (nSPS) is 15.5. The molecule has 0 aliphatic heterocycles. The number of hydrogen-bond donors (Lipinski definition) is 2. The molecule has 2 unspecified atom stereocenters. The number of aromatic nitrogens is 1. The molecule has 0 saturated heterocycles. The summed E-state index contributed by atoms with van der Waals surface area (Å²) in [6.07, 6.45) is 4.41. The first kappa shape index (κ1) is 29.5.